The van der Waals surface area contributed by atoms with Crippen molar-refractivity contribution in [2.75, 3.05) is 6.54 Å². The van der Waals surface area contributed by atoms with E-state index in [-0.39, 0.29) is 5.75 Å². The second kappa shape index (κ2) is 7.65. The standard InChI is InChI=1S/C25H22ClN3O3/c1-29-18-10-13(6-4-5-9-27)20(30)12-16(18)21-19(29)11-15(14-7-2-3-8-17(14)26)22-23(21)25(32)28-24(22)31/h2-3,7-8,10-12,30H,4-6,9,27H2,1H3,(H,28,31,32). The van der Waals surface area contributed by atoms with Crippen LogP contribution in [0.25, 0.3) is 32.9 Å². The number of benzene rings is 3. The number of halogens is 1. The molecule has 1 aromatic heterocycles. The zero-order valence-electron chi connectivity index (χ0n) is 17.5. The van der Waals surface area contributed by atoms with Crippen LogP contribution in [0.5, 0.6) is 5.75 Å². The molecule has 0 saturated carbocycles. The van der Waals surface area contributed by atoms with Gasteiger partial charge in [-0.2, -0.15) is 0 Å². The minimum atomic E-state index is -0.443. The third-order valence-corrected chi connectivity index (χ3v) is 6.57. The first-order chi connectivity index (χ1) is 15.4. The number of amides is 2. The fourth-order valence-electron chi connectivity index (χ4n) is 4.68. The van der Waals surface area contributed by atoms with Crippen molar-refractivity contribution in [2.45, 2.75) is 19.3 Å². The van der Waals surface area contributed by atoms with Crippen LogP contribution in [-0.2, 0) is 13.5 Å². The van der Waals surface area contributed by atoms with Gasteiger partial charge in [-0.25, -0.2) is 0 Å². The van der Waals surface area contributed by atoms with Gasteiger partial charge in [-0.05, 0) is 61.2 Å². The second-order valence-electron chi connectivity index (χ2n) is 8.13. The van der Waals surface area contributed by atoms with Crippen molar-refractivity contribution in [2.24, 2.45) is 12.8 Å². The number of hydrogen-bond acceptors (Lipinski definition) is 4. The van der Waals surface area contributed by atoms with Gasteiger partial charge >= 0.3 is 0 Å². The van der Waals surface area contributed by atoms with Gasteiger partial charge < -0.3 is 15.4 Å². The zero-order valence-corrected chi connectivity index (χ0v) is 18.3. The Labute approximate surface area is 189 Å². The largest absolute Gasteiger partial charge is 0.508 e. The number of imide groups is 1. The van der Waals surface area contributed by atoms with E-state index in [1.165, 1.54) is 0 Å². The first-order valence-corrected chi connectivity index (χ1v) is 10.9. The van der Waals surface area contributed by atoms with Gasteiger partial charge in [0.25, 0.3) is 11.8 Å². The fraction of sp³-hybridized carbons (Fsp3) is 0.200. The number of nitrogens with one attached hydrogen (secondary N) is 1. The number of aryl methyl sites for hydroxylation is 2. The number of unbranched alkanes of at least 4 members (excludes halogenated alkanes) is 1. The number of nitrogens with zero attached hydrogens (tertiary/aromatic N) is 1. The van der Waals surface area contributed by atoms with E-state index in [9.17, 15) is 14.7 Å². The summed E-state index contributed by atoms with van der Waals surface area (Å²) in [4.78, 5) is 25.7. The van der Waals surface area contributed by atoms with Gasteiger partial charge in [0.2, 0.25) is 0 Å². The molecule has 0 atom stereocenters. The van der Waals surface area contributed by atoms with Crippen molar-refractivity contribution in [3.8, 4) is 16.9 Å². The lowest BCUT2D eigenvalue weighted by Crippen LogP contribution is -2.20. The highest BCUT2D eigenvalue weighted by molar-refractivity contribution is 6.36. The minimum Gasteiger partial charge on any atom is -0.508 e. The molecule has 0 bridgehead atoms. The highest BCUT2D eigenvalue weighted by atomic mass is 35.5. The monoisotopic (exact) mass is 447 g/mol. The second-order valence-corrected chi connectivity index (χ2v) is 8.54. The molecule has 1 aliphatic rings. The van der Waals surface area contributed by atoms with E-state index in [1.807, 2.05) is 41.9 Å². The molecule has 0 aliphatic carbocycles. The summed E-state index contributed by atoms with van der Waals surface area (Å²) in [5.74, 6) is -0.708. The van der Waals surface area contributed by atoms with Crippen molar-refractivity contribution in [1.82, 2.24) is 9.88 Å². The Bertz CT molecular complexity index is 1440. The molecule has 162 valence electrons. The van der Waals surface area contributed by atoms with Crippen LogP contribution in [0, 0.1) is 0 Å². The minimum absolute atomic E-state index is 0.177. The molecule has 0 spiro atoms. The van der Waals surface area contributed by atoms with E-state index in [0.29, 0.717) is 45.6 Å². The summed E-state index contributed by atoms with van der Waals surface area (Å²) >= 11 is 6.45. The summed E-state index contributed by atoms with van der Waals surface area (Å²) in [5.41, 5.74) is 10.0. The molecular formula is C25H22ClN3O3. The predicted molar refractivity (Wildman–Crippen MR) is 126 cm³/mol. The molecule has 4 N–H and O–H groups in total. The Morgan fingerprint density at radius 3 is 2.50 bits per heavy atom. The van der Waals surface area contributed by atoms with Crippen LogP contribution < -0.4 is 11.1 Å². The molecule has 7 heteroatoms. The first-order valence-electron chi connectivity index (χ1n) is 10.5. The maximum atomic E-state index is 12.9. The van der Waals surface area contributed by atoms with Gasteiger partial charge in [0.1, 0.15) is 5.75 Å². The van der Waals surface area contributed by atoms with E-state index >= 15 is 0 Å². The van der Waals surface area contributed by atoms with Crippen LogP contribution >= 0.6 is 11.6 Å². The number of aromatic nitrogens is 1. The molecule has 2 heterocycles. The maximum absolute atomic E-state index is 12.9. The van der Waals surface area contributed by atoms with Gasteiger partial charge in [0, 0.05) is 33.9 Å². The zero-order chi connectivity index (χ0) is 22.6. The Morgan fingerprint density at radius 2 is 1.75 bits per heavy atom. The Hall–Kier alpha value is -3.35. The molecule has 0 unspecified atom stereocenters. The summed E-state index contributed by atoms with van der Waals surface area (Å²) in [7, 11) is 1.92. The average Bonchev–Trinajstić information content (AvgIpc) is 3.21. The van der Waals surface area contributed by atoms with Crippen molar-refractivity contribution in [3.63, 3.8) is 0 Å². The van der Waals surface area contributed by atoms with E-state index in [1.54, 1.807) is 12.1 Å². The van der Waals surface area contributed by atoms with Crippen LogP contribution in [0.15, 0.2) is 42.5 Å². The molecule has 4 aromatic rings. The van der Waals surface area contributed by atoms with Gasteiger partial charge in [-0.1, -0.05) is 29.8 Å². The lowest BCUT2D eigenvalue weighted by molar-refractivity contribution is 0.0880. The van der Waals surface area contributed by atoms with Crippen LogP contribution in [0.1, 0.15) is 39.1 Å². The van der Waals surface area contributed by atoms with E-state index in [4.69, 9.17) is 17.3 Å². The van der Waals surface area contributed by atoms with Gasteiger partial charge in [0.05, 0.1) is 16.6 Å². The van der Waals surface area contributed by atoms with E-state index in [2.05, 4.69) is 5.32 Å². The fourth-order valence-corrected chi connectivity index (χ4v) is 4.91. The molecular weight excluding hydrogens is 426 g/mol. The SMILES string of the molecule is Cn1c2cc(CCCCN)c(O)cc2c2c3c(c(-c4ccccc4Cl)cc21)C(=O)NC3=O. The molecule has 0 radical (unpaired) electrons. The predicted octanol–water partition coefficient (Wildman–Crippen LogP) is 4.52. The molecule has 3 aromatic carbocycles. The highest BCUT2D eigenvalue weighted by Gasteiger charge is 2.34. The summed E-state index contributed by atoms with van der Waals surface area (Å²) in [6.45, 7) is 0.608. The quantitative estimate of drug-likeness (QED) is 0.309. The number of phenolic OH excluding ortho intramolecular Hbond substituents is 1. The summed E-state index contributed by atoms with van der Waals surface area (Å²) in [6.07, 6.45) is 2.47. The average molecular weight is 448 g/mol. The normalized spacial score (nSPS) is 13.2. The third-order valence-electron chi connectivity index (χ3n) is 6.24. The molecule has 32 heavy (non-hydrogen) atoms. The maximum Gasteiger partial charge on any atom is 0.259 e. The topological polar surface area (TPSA) is 97.3 Å². The number of phenols is 1. The van der Waals surface area contributed by atoms with Gasteiger partial charge in [0.15, 0.2) is 0 Å². The first kappa shape index (κ1) is 20.5. The number of aromatic hydroxyl groups is 1. The summed E-state index contributed by atoms with van der Waals surface area (Å²) < 4.78 is 1.99. The lowest BCUT2D eigenvalue weighted by atomic mass is 9.92. The van der Waals surface area contributed by atoms with Crippen molar-refractivity contribution < 1.29 is 14.7 Å². The molecule has 1 aliphatic heterocycles. The number of nitrogens with two attached hydrogens (primary N) is 1. The van der Waals surface area contributed by atoms with E-state index < -0.39 is 11.8 Å². The van der Waals surface area contributed by atoms with Crippen molar-refractivity contribution >= 4 is 45.2 Å². The van der Waals surface area contributed by atoms with Crippen LogP contribution in [0.2, 0.25) is 5.02 Å². The van der Waals surface area contributed by atoms with E-state index in [0.717, 1.165) is 34.8 Å². The smallest absolute Gasteiger partial charge is 0.259 e. The summed E-state index contributed by atoms with van der Waals surface area (Å²) in [5, 5.41) is 15.0. The Balaban J connectivity index is 1.85. The number of carbonyl (C=O) groups is 2. The molecule has 0 fully saturated rings. The van der Waals surface area contributed by atoms with Gasteiger partial charge in [-0.15, -0.1) is 0 Å². The molecule has 5 rings (SSSR count). The summed E-state index contributed by atoms with van der Waals surface area (Å²) in [6, 6.07) is 12.8. The number of fused-ring (bicyclic) bond motifs is 5. The van der Waals surface area contributed by atoms with Crippen molar-refractivity contribution in [1.29, 1.82) is 0 Å². The third kappa shape index (κ3) is 2.98. The molecule has 6 nitrogen and oxygen atoms in total. The number of rotatable bonds is 5. The lowest BCUT2D eigenvalue weighted by Gasteiger charge is -2.10. The van der Waals surface area contributed by atoms with Crippen LogP contribution in [-0.4, -0.2) is 28.0 Å². The van der Waals surface area contributed by atoms with Crippen molar-refractivity contribution in [3.05, 3.63) is 64.2 Å². The van der Waals surface area contributed by atoms with Gasteiger partial charge in [-0.3, -0.25) is 14.9 Å². The Kier molecular flexibility index (Phi) is 4.92. The highest BCUT2D eigenvalue weighted by Crippen LogP contribution is 2.42. The number of carbonyl (C=O) groups excluding carboxylic acids is 2. The molecule has 0 saturated heterocycles. The molecule has 2 amide bonds. The number of hydrogen-bond donors (Lipinski definition) is 3. The van der Waals surface area contributed by atoms with Crippen LogP contribution in [0.3, 0.4) is 0 Å². The van der Waals surface area contributed by atoms with Crippen LogP contribution in [0.4, 0.5) is 0 Å². The Morgan fingerprint density at radius 1 is 1.00 bits per heavy atom.